The molecule has 2 rings (SSSR count). The molecule has 2 N–H and O–H groups in total. The first kappa shape index (κ1) is 10.5. The third kappa shape index (κ3) is 2.00. The van der Waals surface area contributed by atoms with Gasteiger partial charge in [-0.3, -0.25) is 0 Å². The zero-order chi connectivity index (χ0) is 11.5. The van der Waals surface area contributed by atoms with Gasteiger partial charge in [-0.05, 0) is 17.7 Å². The van der Waals surface area contributed by atoms with Crippen molar-refractivity contribution in [2.24, 2.45) is 0 Å². The molecular weight excluding hydrogens is 224 g/mol. The Kier molecular flexibility index (Phi) is 2.80. The number of hydrogen-bond donors (Lipinski definition) is 1. The fraction of sp³-hybridized carbons (Fsp3) is 0.0909. The fourth-order valence-electron chi connectivity index (χ4n) is 1.47. The van der Waals surface area contributed by atoms with E-state index in [2.05, 4.69) is 4.98 Å². The van der Waals surface area contributed by atoms with Crippen LogP contribution in [0.3, 0.4) is 0 Å². The summed E-state index contributed by atoms with van der Waals surface area (Å²) in [6, 6.07) is 9.47. The summed E-state index contributed by atoms with van der Waals surface area (Å²) in [5.74, 6) is 0.254. The maximum atomic E-state index is 8.90. The van der Waals surface area contributed by atoms with Gasteiger partial charge in [0.25, 0.3) is 0 Å². The fourth-order valence-corrected chi connectivity index (χ4v) is 1.68. The second-order valence-electron chi connectivity index (χ2n) is 3.35. The van der Waals surface area contributed by atoms with Gasteiger partial charge in [0.05, 0.1) is 6.33 Å². The Morgan fingerprint density at radius 3 is 3.00 bits per heavy atom. The van der Waals surface area contributed by atoms with Crippen LogP contribution in [0.1, 0.15) is 11.3 Å². The molecule has 0 aliphatic carbocycles. The molecule has 0 bridgehead atoms. The van der Waals surface area contributed by atoms with Gasteiger partial charge in [0, 0.05) is 11.6 Å². The first-order valence-corrected chi connectivity index (χ1v) is 5.03. The molecule has 0 radical (unpaired) electrons. The lowest BCUT2D eigenvalue weighted by Crippen LogP contribution is -2.02. The Hall–Kier alpha value is -1.99. The minimum atomic E-state index is 0.254. The number of nitrogens with two attached hydrogens (primary N) is 1. The van der Waals surface area contributed by atoms with Crippen molar-refractivity contribution in [3.05, 3.63) is 46.9 Å². The smallest absolute Gasteiger partial charge is 0.164 e. The molecule has 0 aliphatic rings. The molecule has 0 atom stereocenters. The van der Waals surface area contributed by atoms with Gasteiger partial charge >= 0.3 is 0 Å². The van der Waals surface area contributed by atoms with Gasteiger partial charge in [0.1, 0.15) is 6.07 Å². The van der Waals surface area contributed by atoms with Crippen molar-refractivity contribution >= 4 is 17.4 Å². The van der Waals surface area contributed by atoms with E-state index in [1.165, 1.54) is 0 Å². The van der Waals surface area contributed by atoms with E-state index in [9.17, 15) is 0 Å². The van der Waals surface area contributed by atoms with Crippen molar-refractivity contribution in [1.29, 1.82) is 5.26 Å². The topological polar surface area (TPSA) is 67.6 Å². The van der Waals surface area contributed by atoms with Crippen LogP contribution in [-0.2, 0) is 6.54 Å². The van der Waals surface area contributed by atoms with E-state index in [1.807, 2.05) is 24.3 Å². The van der Waals surface area contributed by atoms with E-state index in [0.29, 0.717) is 17.3 Å². The molecule has 4 nitrogen and oxygen atoms in total. The Labute approximate surface area is 97.9 Å². The number of rotatable bonds is 2. The van der Waals surface area contributed by atoms with Crippen LogP contribution in [0, 0.1) is 11.3 Å². The normalized spacial score (nSPS) is 10.0. The van der Waals surface area contributed by atoms with Crippen molar-refractivity contribution in [3.8, 4) is 6.07 Å². The summed E-state index contributed by atoms with van der Waals surface area (Å²) >= 11 is 5.88. The van der Waals surface area contributed by atoms with Gasteiger partial charge in [-0.2, -0.15) is 5.26 Å². The Bertz CT molecular complexity index is 553. The molecule has 0 amide bonds. The average Bonchev–Trinajstić information content (AvgIpc) is 2.59. The Morgan fingerprint density at radius 2 is 2.31 bits per heavy atom. The highest BCUT2D eigenvalue weighted by atomic mass is 35.5. The van der Waals surface area contributed by atoms with Gasteiger partial charge < -0.3 is 10.3 Å². The SMILES string of the molecule is N#Cc1c(N)ncn1Cc1cccc(Cl)c1. The van der Waals surface area contributed by atoms with Crippen LogP contribution in [0.5, 0.6) is 0 Å². The molecule has 0 saturated carbocycles. The summed E-state index contributed by atoms with van der Waals surface area (Å²) in [6.07, 6.45) is 1.55. The van der Waals surface area contributed by atoms with Crippen LogP contribution in [0.25, 0.3) is 0 Å². The van der Waals surface area contributed by atoms with E-state index in [1.54, 1.807) is 17.0 Å². The third-order valence-electron chi connectivity index (χ3n) is 2.21. The van der Waals surface area contributed by atoms with Crippen LogP contribution in [0.4, 0.5) is 5.82 Å². The van der Waals surface area contributed by atoms with Crippen molar-refractivity contribution in [3.63, 3.8) is 0 Å². The molecule has 0 unspecified atom stereocenters. The molecule has 1 aromatic heterocycles. The Morgan fingerprint density at radius 1 is 1.50 bits per heavy atom. The quantitative estimate of drug-likeness (QED) is 0.862. The third-order valence-corrected chi connectivity index (χ3v) is 2.45. The summed E-state index contributed by atoms with van der Waals surface area (Å²) in [7, 11) is 0. The van der Waals surface area contributed by atoms with E-state index >= 15 is 0 Å². The minimum Gasteiger partial charge on any atom is -0.381 e. The van der Waals surface area contributed by atoms with Crippen molar-refractivity contribution < 1.29 is 0 Å². The zero-order valence-electron chi connectivity index (χ0n) is 8.39. The molecule has 1 aromatic carbocycles. The number of anilines is 1. The highest BCUT2D eigenvalue weighted by Crippen LogP contribution is 2.14. The number of halogens is 1. The molecule has 0 spiro atoms. The van der Waals surface area contributed by atoms with Crippen molar-refractivity contribution in [2.75, 3.05) is 5.73 Å². The highest BCUT2D eigenvalue weighted by molar-refractivity contribution is 6.30. The number of imidazole rings is 1. The first-order chi connectivity index (χ1) is 7.70. The predicted octanol–water partition coefficient (Wildman–Crippen LogP) is 2.04. The van der Waals surface area contributed by atoms with Gasteiger partial charge in [0.2, 0.25) is 0 Å². The number of nitriles is 1. The van der Waals surface area contributed by atoms with Crippen LogP contribution >= 0.6 is 11.6 Å². The standard InChI is InChI=1S/C11H9ClN4/c12-9-3-1-2-8(4-9)6-16-7-15-11(14)10(16)5-13/h1-4,7H,6,14H2. The zero-order valence-corrected chi connectivity index (χ0v) is 9.15. The van der Waals surface area contributed by atoms with E-state index < -0.39 is 0 Å². The lowest BCUT2D eigenvalue weighted by atomic mass is 10.2. The predicted molar refractivity (Wildman–Crippen MR) is 61.9 cm³/mol. The van der Waals surface area contributed by atoms with E-state index in [0.717, 1.165) is 5.56 Å². The summed E-state index contributed by atoms with van der Waals surface area (Å²) in [6.45, 7) is 0.535. The molecule has 80 valence electrons. The lowest BCUT2D eigenvalue weighted by Gasteiger charge is -2.04. The maximum absolute atomic E-state index is 8.90. The molecule has 0 saturated heterocycles. The van der Waals surface area contributed by atoms with Crippen molar-refractivity contribution in [2.45, 2.75) is 6.54 Å². The van der Waals surface area contributed by atoms with Crippen LogP contribution in [-0.4, -0.2) is 9.55 Å². The monoisotopic (exact) mass is 232 g/mol. The van der Waals surface area contributed by atoms with Crippen LogP contribution < -0.4 is 5.73 Å². The number of hydrogen-bond acceptors (Lipinski definition) is 3. The van der Waals surface area contributed by atoms with E-state index in [-0.39, 0.29) is 5.82 Å². The summed E-state index contributed by atoms with van der Waals surface area (Å²) < 4.78 is 1.70. The minimum absolute atomic E-state index is 0.254. The van der Waals surface area contributed by atoms with Crippen LogP contribution in [0.2, 0.25) is 5.02 Å². The van der Waals surface area contributed by atoms with Gasteiger partial charge in [-0.15, -0.1) is 0 Å². The lowest BCUT2D eigenvalue weighted by molar-refractivity contribution is 0.786. The molecular formula is C11H9ClN4. The number of nitrogen functional groups attached to an aromatic ring is 1. The number of benzene rings is 1. The molecule has 0 aliphatic heterocycles. The maximum Gasteiger partial charge on any atom is 0.164 e. The van der Waals surface area contributed by atoms with E-state index in [4.69, 9.17) is 22.6 Å². The highest BCUT2D eigenvalue weighted by Gasteiger charge is 2.07. The van der Waals surface area contributed by atoms with Gasteiger partial charge in [-0.1, -0.05) is 23.7 Å². The molecule has 16 heavy (non-hydrogen) atoms. The molecule has 0 fully saturated rings. The number of nitrogens with zero attached hydrogens (tertiary/aromatic N) is 3. The van der Waals surface area contributed by atoms with Crippen LogP contribution in [0.15, 0.2) is 30.6 Å². The van der Waals surface area contributed by atoms with Gasteiger partial charge in [0.15, 0.2) is 11.5 Å². The molecule has 5 heteroatoms. The summed E-state index contributed by atoms with van der Waals surface area (Å²) in [4.78, 5) is 3.89. The molecule has 2 aromatic rings. The first-order valence-electron chi connectivity index (χ1n) is 4.66. The number of aromatic nitrogens is 2. The second-order valence-corrected chi connectivity index (χ2v) is 3.78. The average molecular weight is 233 g/mol. The Balaban J connectivity index is 2.31. The second kappa shape index (κ2) is 4.25. The largest absolute Gasteiger partial charge is 0.381 e. The van der Waals surface area contributed by atoms with Crippen molar-refractivity contribution in [1.82, 2.24) is 9.55 Å². The molecule has 1 heterocycles. The summed E-state index contributed by atoms with van der Waals surface area (Å²) in [5.41, 5.74) is 6.93. The summed E-state index contributed by atoms with van der Waals surface area (Å²) in [5, 5.41) is 9.57. The van der Waals surface area contributed by atoms with Gasteiger partial charge in [-0.25, -0.2) is 4.98 Å².